The number of anilines is 1. The number of esters is 1. The van der Waals surface area contributed by atoms with Gasteiger partial charge in [-0.2, -0.15) is 4.98 Å². The normalized spacial score (nSPS) is 15.0. The molecule has 10 heteroatoms. The van der Waals surface area contributed by atoms with Crippen molar-refractivity contribution in [2.75, 3.05) is 12.4 Å². The largest absolute Gasteiger partial charge is 0.465 e. The van der Waals surface area contributed by atoms with E-state index in [4.69, 9.17) is 25.7 Å². The SMILES string of the molecule is COC(=O)c1cccc(CNC(=O)C2=C(C)NC(Nc3nc4ccccc4o3)=NC2c2ccccc2Cl)c1. The van der Waals surface area contributed by atoms with Gasteiger partial charge in [-0.15, -0.1) is 0 Å². The number of fused-ring (bicyclic) bond motifs is 1. The number of allylic oxidation sites excluding steroid dienone is 1. The molecule has 1 aliphatic heterocycles. The summed E-state index contributed by atoms with van der Waals surface area (Å²) in [6.07, 6.45) is 0. The molecule has 0 saturated heterocycles. The van der Waals surface area contributed by atoms with Crippen LogP contribution in [0.4, 0.5) is 6.01 Å². The third-order valence-electron chi connectivity index (χ3n) is 6.01. The average molecular weight is 530 g/mol. The molecule has 3 aromatic carbocycles. The standard InChI is InChI=1S/C28H24ClN5O4/c1-16-23(25(35)30-15-17-8-7-9-18(14-17)26(36)37-2)24(19-10-3-4-11-20(19)29)33-27(31-16)34-28-32-21-12-5-6-13-22(21)38-28/h3-14,24H,15H2,1-2H3,(H,30,35)(H2,31,32,33,34). The second kappa shape index (κ2) is 10.8. The number of ether oxygens (including phenoxy) is 1. The fraction of sp³-hybridized carbons (Fsp3) is 0.143. The number of amides is 1. The number of oxazole rings is 1. The summed E-state index contributed by atoms with van der Waals surface area (Å²) in [7, 11) is 1.32. The Bertz CT molecular complexity index is 1560. The van der Waals surface area contributed by atoms with Crippen molar-refractivity contribution in [1.29, 1.82) is 0 Å². The number of nitrogens with one attached hydrogen (secondary N) is 3. The van der Waals surface area contributed by atoms with Gasteiger partial charge in [0.2, 0.25) is 5.96 Å². The van der Waals surface area contributed by atoms with Crippen molar-refractivity contribution < 1.29 is 18.7 Å². The van der Waals surface area contributed by atoms with Gasteiger partial charge in [0.25, 0.3) is 5.91 Å². The summed E-state index contributed by atoms with van der Waals surface area (Å²) in [5, 5.41) is 9.62. The minimum Gasteiger partial charge on any atom is -0.465 e. The van der Waals surface area contributed by atoms with Crippen molar-refractivity contribution >= 4 is 46.6 Å². The highest BCUT2D eigenvalue weighted by molar-refractivity contribution is 6.31. The zero-order valence-corrected chi connectivity index (χ0v) is 21.4. The molecule has 192 valence electrons. The minimum atomic E-state index is -0.696. The molecule has 9 nitrogen and oxygen atoms in total. The zero-order valence-electron chi connectivity index (χ0n) is 20.6. The summed E-state index contributed by atoms with van der Waals surface area (Å²) in [5.41, 5.74) is 4.16. The van der Waals surface area contributed by atoms with E-state index in [0.717, 1.165) is 5.56 Å². The lowest BCUT2D eigenvalue weighted by Gasteiger charge is -2.27. The first-order valence-corrected chi connectivity index (χ1v) is 12.2. The number of aliphatic imine (C=N–C) groups is 1. The molecule has 1 aliphatic rings. The Hall–Kier alpha value is -4.63. The highest BCUT2D eigenvalue weighted by Gasteiger charge is 2.31. The molecule has 38 heavy (non-hydrogen) atoms. The van der Waals surface area contributed by atoms with Crippen LogP contribution in [0.15, 0.2) is 93.5 Å². The van der Waals surface area contributed by atoms with Gasteiger partial charge in [0.05, 0.1) is 18.2 Å². The van der Waals surface area contributed by atoms with Gasteiger partial charge in [-0.05, 0) is 42.8 Å². The van der Waals surface area contributed by atoms with E-state index in [-0.39, 0.29) is 18.5 Å². The molecule has 5 rings (SSSR count). The highest BCUT2D eigenvalue weighted by atomic mass is 35.5. The zero-order chi connectivity index (χ0) is 26.6. The van der Waals surface area contributed by atoms with Crippen LogP contribution in [0.3, 0.4) is 0 Å². The number of para-hydroxylation sites is 2. The van der Waals surface area contributed by atoms with Crippen LogP contribution >= 0.6 is 11.6 Å². The summed E-state index contributed by atoms with van der Waals surface area (Å²) in [6, 6.07) is 21.1. The van der Waals surface area contributed by atoms with E-state index in [1.807, 2.05) is 48.5 Å². The maximum absolute atomic E-state index is 13.5. The molecule has 1 aromatic heterocycles. The fourth-order valence-electron chi connectivity index (χ4n) is 4.19. The molecule has 4 aromatic rings. The van der Waals surface area contributed by atoms with Crippen molar-refractivity contribution in [3.63, 3.8) is 0 Å². The molecule has 0 aliphatic carbocycles. The molecule has 3 N–H and O–H groups in total. The Labute approximate surface area is 223 Å². The lowest BCUT2D eigenvalue weighted by Crippen LogP contribution is -2.39. The third kappa shape index (κ3) is 5.23. The number of hydrogen-bond donors (Lipinski definition) is 3. The Balaban J connectivity index is 1.41. The van der Waals surface area contributed by atoms with E-state index in [1.165, 1.54) is 7.11 Å². The molecular formula is C28H24ClN5O4. The van der Waals surface area contributed by atoms with E-state index in [0.29, 0.717) is 44.5 Å². The molecule has 0 radical (unpaired) electrons. The van der Waals surface area contributed by atoms with Crippen LogP contribution in [0, 0.1) is 0 Å². The van der Waals surface area contributed by atoms with Crippen LogP contribution in [-0.4, -0.2) is 29.9 Å². The first-order chi connectivity index (χ1) is 18.4. The van der Waals surface area contributed by atoms with Gasteiger partial charge in [0, 0.05) is 22.8 Å². The van der Waals surface area contributed by atoms with E-state index in [1.54, 1.807) is 31.2 Å². The molecule has 0 spiro atoms. The highest BCUT2D eigenvalue weighted by Crippen LogP contribution is 2.35. The number of halogens is 1. The van der Waals surface area contributed by atoms with Crippen LogP contribution in [0.5, 0.6) is 0 Å². The molecule has 1 atom stereocenters. The van der Waals surface area contributed by atoms with Crippen LogP contribution in [0.2, 0.25) is 5.02 Å². The Morgan fingerprint density at radius 2 is 1.87 bits per heavy atom. The number of carbonyl (C=O) groups excluding carboxylic acids is 2. The van der Waals surface area contributed by atoms with E-state index in [2.05, 4.69) is 20.9 Å². The molecule has 2 heterocycles. The van der Waals surface area contributed by atoms with Crippen LogP contribution in [0.1, 0.15) is 34.5 Å². The molecule has 0 bridgehead atoms. The first kappa shape index (κ1) is 25.0. The van der Waals surface area contributed by atoms with Gasteiger partial charge in [-0.1, -0.05) is 54.1 Å². The quantitative estimate of drug-likeness (QED) is 0.302. The Morgan fingerprint density at radius 3 is 2.66 bits per heavy atom. The van der Waals surface area contributed by atoms with Gasteiger partial charge in [0.1, 0.15) is 11.6 Å². The lowest BCUT2D eigenvalue weighted by atomic mass is 9.95. The molecule has 1 unspecified atom stereocenters. The van der Waals surface area contributed by atoms with Crippen molar-refractivity contribution in [3.8, 4) is 0 Å². The molecule has 0 saturated carbocycles. The number of hydrogen-bond acceptors (Lipinski definition) is 8. The number of nitrogens with zero attached hydrogens (tertiary/aromatic N) is 2. The van der Waals surface area contributed by atoms with Gasteiger partial charge in [0.15, 0.2) is 5.58 Å². The summed E-state index contributed by atoms with van der Waals surface area (Å²) < 4.78 is 10.6. The molecule has 0 fully saturated rings. The van der Waals surface area contributed by atoms with E-state index >= 15 is 0 Å². The molecule has 1 amide bonds. The topological polar surface area (TPSA) is 118 Å². The van der Waals surface area contributed by atoms with Crippen molar-refractivity contribution in [2.24, 2.45) is 4.99 Å². The van der Waals surface area contributed by atoms with E-state index in [9.17, 15) is 9.59 Å². The smallest absolute Gasteiger partial charge is 0.337 e. The van der Waals surface area contributed by atoms with Gasteiger partial charge < -0.3 is 19.8 Å². The average Bonchev–Trinajstić information content (AvgIpc) is 3.33. The second-order valence-electron chi connectivity index (χ2n) is 8.55. The molecular weight excluding hydrogens is 506 g/mol. The van der Waals surface area contributed by atoms with Crippen LogP contribution in [0.25, 0.3) is 11.1 Å². The maximum Gasteiger partial charge on any atom is 0.337 e. The van der Waals surface area contributed by atoms with Crippen molar-refractivity contribution in [2.45, 2.75) is 19.5 Å². The number of carbonyl (C=O) groups is 2. The third-order valence-corrected chi connectivity index (χ3v) is 6.35. The number of benzene rings is 3. The van der Waals surface area contributed by atoms with Crippen molar-refractivity contribution in [3.05, 3.63) is 106 Å². The van der Waals surface area contributed by atoms with Crippen molar-refractivity contribution in [1.82, 2.24) is 15.6 Å². The van der Waals surface area contributed by atoms with E-state index < -0.39 is 12.0 Å². The minimum absolute atomic E-state index is 0.202. The van der Waals surface area contributed by atoms with Gasteiger partial charge in [-0.3, -0.25) is 10.1 Å². The number of guanidine groups is 1. The fourth-order valence-corrected chi connectivity index (χ4v) is 4.43. The van der Waals surface area contributed by atoms with Crippen LogP contribution < -0.4 is 16.0 Å². The summed E-state index contributed by atoms with van der Waals surface area (Å²) >= 11 is 6.53. The maximum atomic E-state index is 13.5. The lowest BCUT2D eigenvalue weighted by molar-refractivity contribution is -0.118. The number of methoxy groups -OCH3 is 1. The Morgan fingerprint density at radius 1 is 1.08 bits per heavy atom. The van der Waals surface area contributed by atoms with Gasteiger partial charge in [-0.25, -0.2) is 9.79 Å². The summed E-state index contributed by atoms with van der Waals surface area (Å²) in [5.74, 6) is -0.408. The summed E-state index contributed by atoms with van der Waals surface area (Å²) in [4.78, 5) is 34.5. The number of rotatable bonds is 6. The second-order valence-corrected chi connectivity index (χ2v) is 8.96. The summed E-state index contributed by atoms with van der Waals surface area (Å²) in [6.45, 7) is 1.99. The first-order valence-electron chi connectivity index (χ1n) is 11.8. The predicted molar refractivity (Wildman–Crippen MR) is 145 cm³/mol. The predicted octanol–water partition coefficient (Wildman–Crippen LogP) is 4.97. The Kier molecular flexibility index (Phi) is 7.10. The van der Waals surface area contributed by atoms with Crippen LogP contribution in [-0.2, 0) is 16.1 Å². The van der Waals surface area contributed by atoms with Gasteiger partial charge >= 0.3 is 12.0 Å². The monoisotopic (exact) mass is 529 g/mol. The number of aromatic nitrogens is 1.